The lowest BCUT2D eigenvalue weighted by atomic mass is 9.99. The fourth-order valence-corrected chi connectivity index (χ4v) is 3.67. The molecular formula is C27H24N2O5. The summed E-state index contributed by atoms with van der Waals surface area (Å²) in [7, 11) is 0. The normalized spacial score (nSPS) is 11.6. The molecule has 0 unspecified atom stereocenters. The third kappa shape index (κ3) is 4.99. The summed E-state index contributed by atoms with van der Waals surface area (Å²) in [5.41, 5.74) is 2.09. The van der Waals surface area contributed by atoms with Gasteiger partial charge >= 0.3 is 5.97 Å². The molecule has 0 spiro atoms. The largest absolute Gasteiger partial charge is 0.493 e. The molecule has 2 N–H and O–H groups in total. The van der Waals surface area contributed by atoms with Gasteiger partial charge in [-0.3, -0.25) is 14.4 Å². The molecule has 34 heavy (non-hydrogen) atoms. The predicted octanol–water partition coefficient (Wildman–Crippen LogP) is 4.46. The van der Waals surface area contributed by atoms with Crippen molar-refractivity contribution < 1.29 is 23.9 Å². The molecule has 3 aromatic carbocycles. The van der Waals surface area contributed by atoms with Crippen molar-refractivity contribution in [1.82, 2.24) is 10.3 Å². The number of aromatic nitrogens is 1. The van der Waals surface area contributed by atoms with Crippen LogP contribution in [-0.4, -0.2) is 35.8 Å². The lowest BCUT2D eigenvalue weighted by Crippen LogP contribution is -2.32. The van der Waals surface area contributed by atoms with Crippen LogP contribution >= 0.6 is 0 Å². The van der Waals surface area contributed by atoms with Crippen LogP contribution in [0.2, 0.25) is 0 Å². The van der Waals surface area contributed by atoms with E-state index >= 15 is 0 Å². The minimum absolute atomic E-state index is 0.312. The summed E-state index contributed by atoms with van der Waals surface area (Å²) in [6.45, 7) is 1.82. The summed E-state index contributed by atoms with van der Waals surface area (Å²) in [5, 5.41) is 3.29. The average Bonchev–Trinajstić information content (AvgIpc) is 3.31. The number of Topliss-reactive ketones (excluding diaryl/α,β-unsaturated/α-hetero) is 1. The number of ketones is 1. The van der Waals surface area contributed by atoms with E-state index in [4.69, 9.17) is 9.47 Å². The molecule has 0 saturated heterocycles. The van der Waals surface area contributed by atoms with Crippen molar-refractivity contribution in [3.05, 3.63) is 102 Å². The standard InChI is InChI=1S/C27H24N2O5/c1-2-33-23-15-9-7-13-20(23)27(32)29-17-24(30)34-26(18-10-4-3-5-11-18)25(31)21-16-28-22-14-8-6-12-19(21)22/h3-16,26,28H,2,17H2,1H3,(H,29,32)/t26-/m0/s1. The highest BCUT2D eigenvalue weighted by atomic mass is 16.5. The van der Waals surface area contributed by atoms with Crippen molar-refractivity contribution in [2.45, 2.75) is 13.0 Å². The van der Waals surface area contributed by atoms with Crippen LogP contribution in [0.25, 0.3) is 10.9 Å². The number of nitrogens with one attached hydrogen (secondary N) is 2. The smallest absolute Gasteiger partial charge is 0.326 e. The molecular weight excluding hydrogens is 432 g/mol. The minimum atomic E-state index is -1.15. The summed E-state index contributed by atoms with van der Waals surface area (Å²) in [6.07, 6.45) is 0.462. The Morgan fingerprint density at radius 3 is 2.38 bits per heavy atom. The number of amides is 1. The van der Waals surface area contributed by atoms with Crippen molar-refractivity contribution in [2.24, 2.45) is 0 Å². The van der Waals surface area contributed by atoms with Gasteiger partial charge in [-0.15, -0.1) is 0 Å². The summed E-state index contributed by atoms with van der Waals surface area (Å²) in [4.78, 5) is 41.8. The highest BCUT2D eigenvalue weighted by molar-refractivity contribution is 6.10. The molecule has 0 saturated carbocycles. The summed E-state index contributed by atoms with van der Waals surface area (Å²) >= 11 is 0. The number of H-pyrrole nitrogens is 1. The first-order valence-corrected chi connectivity index (χ1v) is 10.9. The van der Waals surface area contributed by atoms with Crippen molar-refractivity contribution in [2.75, 3.05) is 13.2 Å². The van der Waals surface area contributed by atoms with E-state index < -0.39 is 24.5 Å². The minimum Gasteiger partial charge on any atom is -0.493 e. The Kier molecular flexibility index (Phi) is 7.03. The topological polar surface area (TPSA) is 97.5 Å². The van der Waals surface area contributed by atoms with Crippen LogP contribution < -0.4 is 10.1 Å². The number of esters is 1. The molecule has 0 fully saturated rings. The zero-order valence-electron chi connectivity index (χ0n) is 18.6. The predicted molar refractivity (Wildman–Crippen MR) is 128 cm³/mol. The number of ether oxygens (including phenoxy) is 2. The van der Waals surface area contributed by atoms with E-state index in [2.05, 4.69) is 10.3 Å². The van der Waals surface area contributed by atoms with Crippen LogP contribution in [0.15, 0.2) is 85.1 Å². The van der Waals surface area contributed by atoms with Crippen LogP contribution in [0.5, 0.6) is 5.75 Å². The average molecular weight is 456 g/mol. The van der Waals surface area contributed by atoms with Crippen molar-refractivity contribution >= 4 is 28.6 Å². The van der Waals surface area contributed by atoms with Gasteiger partial charge in [0.05, 0.1) is 12.2 Å². The number of rotatable bonds is 9. The number of hydrogen-bond acceptors (Lipinski definition) is 5. The molecule has 1 atom stereocenters. The molecule has 0 aliphatic rings. The van der Waals surface area contributed by atoms with Gasteiger partial charge in [0.15, 0.2) is 6.10 Å². The summed E-state index contributed by atoms with van der Waals surface area (Å²) in [5.74, 6) is -1.14. The van der Waals surface area contributed by atoms with Crippen LogP contribution in [0.4, 0.5) is 0 Å². The van der Waals surface area contributed by atoms with Crippen molar-refractivity contribution in [3.8, 4) is 5.75 Å². The van der Waals surface area contributed by atoms with Gasteiger partial charge in [-0.25, -0.2) is 0 Å². The molecule has 7 heteroatoms. The zero-order valence-corrected chi connectivity index (χ0v) is 18.6. The summed E-state index contributed by atoms with van der Waals surface area (Å²) in [6, 6.07) is 23.0. The number of carbonyl (C=O) groups excluding carboxylic acids is 3. The molecule has 4 rings (SSSR count). The molecule has 172 valence electrons. The Hall–Kier alpha value is -4.39. The molecule has 0 aliphatic heterocycles. The number of para-hydroxylation sites is 2. The van der Waals surface area contributed by atoms with E-state index in [1.165, 1.54) is 0 Å². The maximum absolute atomic E-state index is 13.4. The van der Waals surface area contributed by atoms with Gasteiger partial charge in [-0.1, -0.05) is 60.7 Å². The highest BCUT2D eigenvalue weighted by Gasteiger charge is 2.28. The molecule has 1 amide bonds. The third-order valence-electron chi connectivity index (χ3n) is 5.27. The van der Waals surface area contributed by atoms with E-state index in [9.17, 15) is 14.4 Å². The second-order valence-corrected chi connectivity index (χ2v) is 7.50. The fraction of sp³-hybridized carbons (Fsp3) is 0.148. The number of fused-ring (bicyclic) bond motifs is 1. The number of benzene rings is 3. The summed E-state index contributed by atoms with van der Waals surface area (Å²) < 4.78 is 11.1. The van der Waals surface area contributed by atoms with Gasteiger partial charge in [0.25, 0.3) is 5.91 Å². The number of carbonyl (C=O) groups is 3. The molecule has 4 aromatic rings. The van der Waals surface area contributed by atoms with Gasteiger partial charge in [-0.2, -0.15) is 0 Å². The second-order valence-electron chi connectivity index (χ2n) is 7.50. The van der Waals surface area contributed by atoms with E-state index in [1.54, 1.807) is 54.7 Å². The lowest BCUT2D eigenvalue weighted by Gasteiger charge is -2.17. The first-order chi connectivity index (χ1) is 16.6. The zero-order chi connectivity index (χ0) is 23.9. The van der Waals surface area contributed by atoms with Crippen molar-refractivity contribution in [1.29, 1.82) is 0 Å². The van der Waals surface area contributed by atoms with Gasteiger partial charge in [0, 0.05) is 28.2 Å². The number of aromatic amines is 1. The molecule has 0 aliphatic carbocycles. The molecule has 1 aromatic heterocycles. The second kappa shape index (κ2) is 10.5. The van der Waals surface area contributed by atoms with Crippen LogP contribution in [0, 0.1) is 0 Å². The molecule has 0 radical (unpaired) electrons. The maximum atomic E-state index is 13.4. The lowest BCUT2D eigenvalue weighted by molar-refractivity contribution is -0.146. The van der Waals surface area contributed by atoms with E-state index in [0.717, 1.165) is 10.9 Å². The fourth-order valence-electron chi connectivity index (χ4n) is 3.67. The highest BCUT2D eigenvalue weighted by Crippen LogP contribution is 2.27. The van der Waals surface area contributed by atoms with Crippen LogP contribution in [0.1, 0.15) is 39.3 Å². The van der Waals surface area contributed by atoms with Gasteiger partial charge in [0.2, 0.25) is 5.78 Å². The first-order valence-electron chi connectivity index (χ1n) is 10.9. The molecule has 0 bridgehead atoms. The Balaban J connectivity index is 1.50. The Morgan fingerprint density at radius 1 is 0.882 bits per heavy atom. The van der Waals surface area contributed by atoms with Gasteiger partial charge < -0.3 is 19.8 Å². The van der Waals surface area contributed by atoms with Gasteiger partial charge in [-0.05, 0) is 25.1 Å². The Labute approximate surface area is 196 Å². The quantitative estimate of drug-likeness (QED) is 0.286. The maximum Gasteiger partial charge on any atom is 0.326 e. The first kappa shape index (κ1) is 22.8. The molecule has 7 nitrogen and oxygen atoms in total. The Morgan fingerprint density at radius 2 is 1.59 bits per heavy atom. The van der Waals surface area contributed by atoms with E-state index in [0.29, 0.717) is 29.0 Å². The van der Waals surface area contributed by atoms with Crippen LogP contribution in [-0.2, 0) is 9.53 Å². The third-order valence-corrected chi connectivity index (χ3v) is 5.27. The Bertz CT molecular complexity index is 1310. The number of hydrogen-bond donors (Lipinski definition) is 2. The van der Waals surface area contributed by atoms with Crippen molar-refractivity contribution in [3.63, 3.8) is 0 Å². The SMILES string of the molecule is CCOc1ccccc1C(=O)NCC(=O)O[C@H](C(=O)c1c[nH]c2ccccc12)c1ccccc1. The van der Waals surface area contributed by atoms with E-state index in [-0.39, 0.29) is 5.78 Å². The van der Waals surface area contributed by atoms with Gasteiger partial charge in [0.1, 0.15) is 12.3 Å². The van der Waals surface area contributed by atoms with Crippen LogP contribution in [0.3, 0.4) is 0 Å². The van der Waals surface area contributed by atoms with E-state index in [1.807, 2.05) is 37.3 Å². The monoisotopic (exact) mass is 456 g/mol. The molecule has 1 heterocycles.